The summed E-state index contributed by atoms with van der Waals surface area (Å²) in [7, 11) is 0. The number of halogens is 2. The van der Waals surface area contributed by atoms with Crippen molar-refractivity contribution >= 4 is 27.5 Å². The molecule has 0 spiro atoms. The minimum atomic E-state index is 0.753. The molecule has 0 aliphatic carbocycles. The van der Waals surface area contributed by atoms with E-state index in [0.717, 1.165) is 39.4 Å². The first-order chi connectivity index (χ1) is 8.17. The van der Waals surface area contributed by atoms with E-state index in [1.165, 1.54) is 0 Å². The average molecular weight is 314 g/mol. The van der Waals surface area contributed by atoms with E-state index in [0.29, 0.717) is 0 Å². The van der Waals surface area contributed by atoms with Gasteiger partial charge in [-0.3, -0.25) is 4.68 Å². The van der Waals surface area contributed by atoms with Gasteiger partial charge in [0.2, 0.25) is 0 Å². The molecule has 0 saturated heterocycles. The molecular formula is C13H14BrClN2. The average Bonchev–Trinajstić information content (AvgIpc) is 2.67. The number of benzene rings is 1. The topological polar surface area (TPSA) is 17.8 Å². The number of hydrogen-bond acceptors (Lipinski definition) is 1. The third-order valence-corrected chi connectivity index (χ3v) is 3.80. The Morgan fingerprint density at radius 2 is 1.88 bits per heavy atom. The van der Waals surface area contributed by atoms with Gasteiger partial charge >= 0.3 is 0 Å². The molecule has 1 heterocycles. The van der Waals surface area contributed by atoms with Crippen LogP contribution in [0.1, 0.15) is 19.5 Å². The summed E-state index contributed by atoms with van der Waals surface area (Å²) in [6, 6.07) is 7.86. The summed E-state index contributed by atoms with van der Waals surface area (Å²) in [6.07, 6.45) is 0.925. The summed E-state index contributed by atoms with van der Waals surface area (Å²) in [5, 5.41) is 5.34. The van der Waals surface area contributed by atoms with Gasteiger partial charge < -0.3 is 0 Å². The van der Waals surface area contributed by atoms with Crippen molar-refractivity contribution in [2.75, 3.05) is 0 Å². The summed E-state index contributed by atoms with van der Waals surface area (Å²) in [5.74, 6) is 0. The van der Waals surface area contributed by atoms with Crippen LogP contribution in [0.15, 0.2) is 28.7 Å². The molecule has 2 nitrogen and oxygen atoms in total. The Hall–Kier alpha value is -0.800. The van der Waals surface area contributed by atoms with E-state index in [9.17, 15) is 0 Å². The van der Waals surface area contributed by atoms with Gasteiger partial charge in [-0.15, -0.1) is 0 Å². The van der Waals surface area contributed by atoms with E-state index in [-0.39, 0.29) is 0 Å². The molecule has 0 bridgehead atoms. The van der Waals surface area contributed by atoms with Crippen molar-refractivity contribution in [2.24, 2.45) is 0 Å². The van der Waals surface area contributed by atoms with Crippen LogP contribution in [0.5, 0.6) is 0 Å². The van der Waals surface area contributed by atoms with Crippen LogP contribution in [0.2, 0.25) is 5.02 Å². The van der Waals surface area contributed by atoms with Crippen molar-refractivity contribution in [1.82, 2.24) is 9.78 Å². The first kappa shape index (κ1) is 12.7. The molecule has 0 atom stereocenters. The molecule has 2 rings (SSSR count). The maximum absolute atomic E-state index is 5.91. The molecule has 4 heteroatoms. The Kier molecular flexibility index (Phi) is 3.89. The molecule has 1 aromatic carbocycles. The highest BCUT2D eigenvalue weighted by atomic mass is 79.9. The standard InChI is InChI=1S/C13H14BrClN2/c1-3-11-12(14)13(17(4-2)16-11)9-5-7-10(15)8-6-9/h5-8H,3-4H2,1-2H3. The van der Waals surface area contributed by atoms with Crippen LogP contribution in [0.25, 0.3) is 11.3 Å². The quantitative estimate of drug-likeness (QED) is 0.813. The molecule has 0 radical (unpaired) electrons. The summed E-state index contributed by atoms with van der Waals surface area (Å²) in [6.45, 7) is 5.06. The lowest BCUT2D eigenvalue weighted by molar-refractivity contribution is 0.655. The number of aromatic nitrogens is 2. The highest BCUT2D eigenvalue weighted by Gasteiger charge is 2.15. The number of nitrogens with zero attached hydrogens (tertiary/aromatic N) is 2. The predicted molar refractivity (Wildman–Crippen MR) is 75.4 cm³/mol. The van der Waals surface area contributed by atoms with Gasteiger partial charge in [-0.05, 0) is 41.4 Å². The van der Waals surface area contributed by atoms with Crippen LogP contribution in [0.4, 0.5) is 0 Å². The zero-order valence-electron chi connectivity index (χ0n) is 9.87. The first-order valence-corrected chi connectivity index (χ1v) is 6.85. The Morgan fingerprint density at radius 3 is 2.41 bits per heavy atom. The van der Waals surface area contributed by atoms with Gasteiger partial charge in [0.1, 0.15) is 0 Å². The van der Waals surface area contributed by atoms with Crippen molar-refractivity contribution in [2.45, 2.75) is 26.8 Å². The van der Waals surface area contributed by atoms with E-state index in [2.05, 4.69) is 34.9 Å². The molecule has 0 unspecified atom stereocenters. The molecule has 0 aliphatic heterocycles. The second-order valence-electron chi connectivity index (χ2n) is 3.79. The fourth-order valence-corrected chi connectivity index (χ4v) is 2.75. The molecule has 0 fully saturated rings. The fourth-order valence-electron chi connectivity index (χ4n) is 1.83. The van der Waals surface area contributed by atoms with Crippen LogP contribution in [0.3, 0.4) is 0 Å². The van der Waals surface area contributed by atoms with Crippen LogP contribution < -0.4 is 0 Å². The lowest BCUT2D eigenvalue weighted by atomic mass is 10.1. The smallest absolute Gasteiger partial charge is 0.0827 e. The summed E-state index contributed by atoms with van der Waals surface area (Å²) < 4.78 is 3.11. The van der Waals surface area contributed by atoms with Gasteiger partial charge in [0, 0.05) is 17.1 Å². The van der Waals surface area contributed by atoms with Crippen LogP contribution in [-0.2, 0) is 13.0 Å². The highest BCUT2D eigenvalue weighted by Crippen LogP contribution is 2.32. The van der Waals surface area contributed by atoms with Gasteiger partial charge in [0.25, 0.3) is 0 Å². The Bertz CT molecular complexity index is 517. The molecule has 17 heavy (non-hydrogen) atoms. The highest BCUT2D eigenvalue weighted by molar-refractivity contribution is 9.10. The zero-order chi connectivity index (χ0) is 12.4. The third kappa shape index (κ3) is 2.40. The van der Waals surface area contributed by atoms with Crippen LogP contribution >= 0.6 is 27.5 Å². The van der Waals surface area contributed by atoms with E-state index < -0.39 is 0 Å². The Balaban J connectivity index is 2.57. The maximum atomic E-state index is 5.91. The van der Waals surface area contributed by atoms with Gasteiger partial charge in [-0.2, -0.15) is 5.10 Å². The van der Waals surface area contributed by atoms with Gasteiger partial charge in [-0.1, -0.05) is 30.7 Å². The van der Waals surface area contributed by atoms with Gasteiger partial charge in [-0.25, -0.2) is 0 Å². The van der Waals surface area contributed by atoms with Gasteiger partial charge in [0.15, 0.2) is 0 Å². The SMILES string of the molecule is CCc1nn(CC)c(-c2ccc(Cl)cc2)c1Br. The molecule has 90 valence electrons. The normalized spacial score (nSPS) is 10.8. The maximum Gasteiger partial charge on any atom is 0.0827 e. The Labute approximate surface area is 115 Å². The van der Waals surface area contributed by atoms with E-state index >= 15 is 0 Å². The van der Waals surface area contributed by atoms with Crippen molar-refractivity contribution in [1.29, 1.82) is 0 Å². The minimum Gasteiger partial charge on any atom is -0.264 e. The molecule has 0 amide bonds. The van der Waals surface area contributed by atoms with Crippen molar-refractivity contribution in [3.63, 3.8) is 0 Å². The molecule has 1 aromatic heterocycles. The number of hydrogen-bond donors (Lipinski definition) is 0. The van der Waals surface area contributed by atoms with Crippen molar-refractivity contribution in [3.05, 3.63) is 39.5 Å². The van der Waals surface area contributed by atoms with Gasteiger partial charge in [0.05, 0.1) is 15.9 Å². The second-order valence-corrected chi connectivity index (χ2v) is 5.01. The number of aryl methyl sites for hydroxylation is 2. The summed E-state index contributed by atoms with van der Waals surface area (Å²) in [5.41, 5.74) is 3.35. The molecular weight excluding hydrogens is 300 g/mol. The van der Waals surface area contributed by atoms with Crippen molar-refractivity contribution < 1.29 is 0 Å². The monoisotopic (exact) mass is 312 g/mol. The Morgan fingerprint density at radius 1 is 1.24 bits per heavy atom. The third-order valence-electron chi connectivity index (χ3n) is 2.71. The first-order valence-electron chi connectivity index (χ1n) is 5.68. The van der Waals surface area contributed by atoms with Crippen molar-refractivity contribution in [3.8, 4) is 11.3 Å². The molecule has 0 N–H and O–H groups in total. The number of rotatable bonds is 3. The van der Waals surface area contributed by atoms with E-state index in [4.69, 9.17) is 11.6 Å². The predicted octanol–water partition coefficient (Wildman–Crippen LogP) is 4.55. The lowest BCUT2D eigenvalue weighted by Crippen LogP contribution is -1.99. The minimum absolute atomic E-state index is 0.753. The lowest BCUT2D eigenvalue weighted by Gasteiger charge is -2.05. The summed E-state index contributed by atoms with van der Waals surface area (Å²) in [4.78, 5) is 0. The largest absolute Gasteiger partial charge is 0.264 e. The second kappa shape index (κ2) is 5.23. The fraction of sp³-hybridized carbons (Fsp3) is 0.308. The van der Waals surface area contributed by atoms with Crippen LogP contribution in [-0.4, -0.2) is 9.78 Å². The van der Waals surface area contributed by atoms with Crippen LogP contribution in [0, 0.1) is 0 Å². The molecule has 0 saturated carbocycles. The van der Waals surface area contributed by atoms with E-state index in [1.54, 1.807) is 0 Å². The molecule has 0 aliphatic rings. The summed E-state index contributed by atoms with van der Waals surface area (Å²) >= 11 is 9.55. The zero-order valence-corrected chi connectivity index (χ0v) is 12.2. The van der Waals surface area contributed by atoms with E-state index in [1.807, 2.05) is 28.9 Å². The molecule has 2 aromatic rings.